The highest BCUT2D eigenvalue weighted by Crippen LogP contribution is 2.62. The lowest BCUT2D eigenvalue weighted by Gasteiger charge is -2.30. The number of aromatic nitrogens is 4. The molecule has 1 aromatic carbocycles. The van der Waals surface area contributed by atoms with E-state index in [4.69, 9.17) is 9.97 Å². The third kappa shape index (κ3) is 2.87. The van der Waals surface area contributed by atoms with Crippen LogP contribution in [0.25, 0.3) is 11.2 Å². The van der Waals surface area contributed by atoms with Crippen LogP contribution in [0, 0.1) is 18.8 Å². The minimum atomic E-state index is -0.0277. The van der Waals surface area contributed by atoms with Crippen LogP contribution < -0.4 is 10.9 Å². The molecule has 160 valence electrons. The van der Waals surface area contributed by atoms with Crippen LogP contribution in [-0.4, -0.2) is 19.5 Å². The minimum absolute atomic E-state index is 0.0196. The Hall–Kier alpha value is -2.89. The normalized spacial score (nSPS) is 26.1. The molecule has 3 aromatic rings. The molecule has 2 heterocycles. The molecule has 0 saturated heterocycles. The van der Waals surface area contributed by atoms with Crippen LogP contribution in [0.2, 0.25) is 0 Å². The predicted octanol–water partition coefficient (Wildman–Crippen LogP) is 4.45. The predicted molar refractivity (Wildman–Crippen MR) is 122 cm³/mol. The number of allylic oxidation sites excluding steroid dienone is 2. The highest BCUT2D eigenvalue weighted by Gasteiger charge is 2.55. The first-order chi connectivity index (χ1) is 15.1. The van der Waals surface area contributed by atoms with Gasteiger partial charge in [0.05, 0.1) is 5.41 Å². The Labute approximate surface area is 181 Å². The Morgan fingerprint density at radius 3 is 2.84 bits per heavy atom. The van der Waals surface area contributed by atoms with Gasteiger partial charge in [-0.15, -0.1) is 0 Å². The number of rotatable bonds is 6. The van der Waals surface area contributed by atoms with E-state index in [0.29, 0.717) is 36.1 Å². The summed E-state index contributed by atoms with van der Waals surface area (Å²) in [6.45, 7) is 5.42. The summed E-state index contributed by atoms with van der Waals surface area (Å²) in [4.78, 5) is 26.5. The largest absolute Gasteiger partial charge is 0.351 e. The van der Waals surface area contributed by atoms with Crippen LogP contribution in [0.4, 0.5) is 5.95 Å². The smallest absolute Gasteiger partial charge is 0.280 e. The van der Waals surface area contributed by atoms with Crippen LogP contribution in [0.3, 0.4) is 0 Å². The van der Waals surface area contributed by atoms with E-state index in [1.54, 1.807) is 10.1 Å². The number of imidazole rings is 1. The number of H-pyrrole nitrogens is 1. The van der Waals surface area contributed by atoms with Crippen LogP contribution in [-0.2, 0) is 18.5 Å². The molecule has 3 atom stereocenters. The first kappa shape index (κ1) is 18.8. The third-order valence-corrected chi connectivity index (χ3v) is 7.53. The van der Waals surface area contributed by atoms with Crippen molar-refractivity contribution in [3.05, 3.63) is 63.2 Å². The molecule has 3 unspecified atom stereocenters. The van der Waals surface area contributed by atoms with Crippen LogP contribution in [0.15, 0.2) is 40.7 Å². The average Bonchev–Trinajstić information content (AvgIpc) is 3.37. The van der Waals surface area contributed by atoms with E-state index in [1.807, 2.05) is 0 Å². The average molecular weight is 416 g/mol. The Morgan fingerprint density at radius 1 is 1.23 bits per heavy atom. The van der Waals surface area contributed by atoms with Gasteiger partial charge in [0.25, 0.3) is 5.56 Å². The zero-order valence-electron chi connectivity index (χ0n) is 18.2. The fraction of sp³-hybridized carbons (Fsp3) is 0.480. The number of fused-ring (bicyclic) bond motifs is 1. The highest BCUT2D eigenvalue weighted by molar-refractivity contribution is 5.72. The van der Waals surface area contributed by atoms with Crippen LogP contribution >= 0.6 is 0 Å². The SMILES string of the molecule is CCCn1c(NCc2ccc(C)cc2)nc2nc(C34CC5C=C3CC(C5)C4)[nH]c2c1=O. The Kier molecular flexibility index (Phi) is 4.14. The maximum Gasteiger partial charge on any atom is 0.280 e. The van der Waals surface area contributed by atoms with Gasteiger partial charge in [0.1, 0.15) is 5.82 Å². The molecule has 6 nitrogen and oxygen atoms in total. The number of benzene rings is 1. The Bertz CT molecular complexity index is 1250. The zero-order valence-corrected chi connectivity index (χ0v) is 18.2. The molecule has 2 aromatic heterocycles. The standard InChI is InChI=1S/C25H29N5O/c1-3-8-30-22(31)20-21(29-24(30)26-14-16-6-4-15(2)5-7-16)28-23(27-20)25-12-17-9-18(13-25)11-19(25)10-17/h4-7,10,17-18H,3,8-9,11-14H2,1-2H3,(H,26,29)(H,27,28). The van der Waals surface area contributed by atoms with Gasteiger partial charge >= 0.3 is 0 Å². The molecular formula is C25H29N5O. The van der Waals surface area contributed by atoms with Gasteiger partial charge in [0.2, 0.25) is 5.95 Å². The van der Waals surface area contributed by atoms with Gasteiger partial charge in [0.15, 0.2) is 11.2 Å². The Balaban J connectivity index is 1.39. The summed E-state index contributed by atoms with van der Waals surface area (Å²) >= 11 is 0. The first-order valence-corrected chi connectivity index (χ1v) is 11.6. The third-order valence-electron chi connectivity index (χ3n) is 7.53. The van der Waals surface area contributed by atoms with Crippen molar-refractivity contribution >= 4 is 17.1 Å². The van der Waals surface area contributed by atoms with E-state index in [0.717, 1.165) is 36.6 Å². The molecule has 0 amide bonds. The van der Waals surface area contributed by atoms with E-state index in [-0.39, 0.29) is 11.0 Å². The summed E-state index contributed by atoms with van der Waals surface area (Å²) in [5, 5.41) is 3.39. The number of aryl methyl sites for hydroxylation is 1. The van der Waals surface area contributed by atoms with E-state index in [2.05, 4.69) is 54.5 Å². The van der Waals surface area contributed by atoms with Crippen molar-refractivity contribution in [1.82, 2.24) is 19.5 Å². The number of anilines is 1. The summed E-state index contributed by atoms with van der Waals surface area (Å²) in [7, 11) is 0. The second kappa shape index (κ2) is 6.81. The van der Waals surface area contributed by atoms with E-state index < -0.39 is 0 Å². The number of nitrogens with zero attached hydrogens (tertiary/aromatic N) is 3. The fourth-order valence-electron chi connectivity index (χ4n) is 6.19. The summed E-state index contributed by atoms with van der Waals surface area (Å²) in [6, 6.07) is 8.42. The van der Waals surface area contributed by atoms with Gasteiger partial charge in [-0.2, -0.15) is 4.98 Å². The maximum atomic E-state index is 13.4. The van der Waals surface area contributed by atoms with Crippen LogP contribution in [0.1, 0.15) is 56.0 Å². The zero-order chi connectivity index (χ0) is 21.2. The van der Waals surface area contributed by atoms with E-state index in [1.165, 1.54) is 18.4 Å². The molecule has 4 aliphatic rings. The van der Waals surface area contributed by atoms with Crippen molar-refractivity contribution in [3.63, 3.8) is 0 Å². The molecule has 2 saturated carbocycles. The highest BCUT2D eigenvalue weighted by atomic mass is 16.1. The summed E-state index contributed by atoms with van der Waals surface area (Å²) in [5.41, 5.74) is 5.02. The van der Waals surface area contributed by atoms with Crippen molar-refractivity contribution in [2.45, 2.75) is 64.5 Å². The molecule has 0 spiro atoms. The number of nitrogens with one attached hydrogen (secondary N) is 2. The molecule has 6 heteroatoms. The Morgan fingerprint density at radius 2 is 2.06 bits per heavy atom. The second-order valence-electron chi connectivity index (χ2n) is 9.76. The van der Waals surface area contributed by atoms with Crippen molar-refractivity contribution in [1.29, 1.82) is 0 Å². The molecule has 4 aliphatic carbocycles. The molecular weight excluding hydrogens is 386 g/mol. The maximum absolute atomic E-state index is 13.4. The fourth-order valence-corrected chi connectivity index (χ4v) is 6.19. The molecule has 4 bridgehead atoms. The summed E-state index contributed by atoms with van der Waals surface area (Å²) in [6.07, 6.45) is 8.17. The van der Waals surface area contributed by atoms with Gasteiger partial charge in [0, 0.05) is 13.1 Å². The second-order valence-corrected chi connectivity index (χ2v) is 9.76. The van der Waals surface area contributed by atoms with Crippen molar-refractivity contribution in [2.75, 3.05) is 5.32 Å². The lowest BCUT2D eigenvalue weighted by Crippen LogP contribution is -2.28. The minimum Gasteiger partial charge on any atom is -0.351 e. The monoisotopic (exact) mass is 415 g/mol. The number of hydrogen-bond donors (Lipinski definition) is 2. The first-order valence-electron chi connectivity index (χ1n) is 11.6. The van der Waals surface area contributed by atoms with Gasteiger partial charge in [-0.3, -0.25) is 9.36 Å². The molecule has 0 aliphatic heterocycles. The van der Waals surface area contributed by atoms with E-state index in [9.17, 15) is 4.79 Å². The summed E-state index contributed by atoms with van der Waals surface area (Å²) in [5.74, 6) is 3.03. The number of aromatic amines is 1. The van der Waals surface area contributed by atoms with Gasteiger partial charge < -0.3 is 10.3 Å². The molecule has 7 rings (SSSR count). The van der Waals surface area contributed by atoms with E-state index >= 15 is 0 Å². The topological polar surface area (TPSA) is 75.6 Å². The lowest BCUT2D eigenvalue weighted by atomic mass is 9.74. The molecule has 2 N–H and O–H groups in total. The van der Waals surface area contributed by atoms with Crippen molar-refractivity contribution in [2.24, 2.45) is 11.8 Å². The van der Waals surface area contributed by atoms with Crippen LogP contribution in [0.5, 0.6) is 0 Å². The quantitative estimate of drug-likeness (QED) is 0.583. The van der Waals surface area contributed by atoms with Gasteiger partial charge in [-0.25, -0.2) is 4.98 Å². The van der Waals surface area contributed by atoms with Crippen molar-refractivity contribution in [3.8, 4) is 0 Å². The lowest BCUT2D eigenvalue weighted by molar-refractivity contribution is 0.280. The molecule has 0 radical (unpaired) electrons. The molecule has 2 fully saturated rings. The summed E-state index contributed by atoms with van der Waals surface area (Å²) < 4.78 is 1.76. The number of hydrogen-bond acceptors (Lipinski definition) is 4. The van der Waals surface area contributed by atoms with Crippen molar-refractivity contribution < 1.29 is 0 Å². The van der Waals surface area contributed by atoms with Gasteiger partial charge in [-0.05, 0) is 56.4 Å². The molecule has 31 heavy (non-hydrogen) atoms. The van der Waals surface area contributed by atoms with Gasteiger partial charge in [-0.1, -0.05) is 48.4 Å².